The van der Waals surface area contributed by atoms with E-state index in [1.165, 1.54) is 18.3 Å². The number of hydrogen-bond donors (Lipinski definition) is 1. The number of halogens is 1. The van der Waals surface area contributed by atoms with Gasteiger partial charge in [0.2, 0.25) is 0 Å². The second kappa shape index (κ2) is 10.5. The first-order chi connectivity index (χ1) is 16.9. The van der Waals surface area contributed by atoms with E-state index in [2.05, 4.69) is 15.4 Å². The van der Waals surface area contributed by atoms with E-state index in [0.717, 1.165) is 16.5 Å². The summed E-state index contributed by atoms with van der Waals surface area (Å²) in [6.07, 6.45) is 3.22. The van der Waals surface area contributed by atoms with E-state index in [0.29, 0.717) is 35.8 Å². The van der Waals surface area contributed by atoms with Crippen LogP contribution in [0.3, 0.4) is 0 Å². The summed E-state index contributed by atoms with van der Waals surface area (Å²) in [5, 5.41) is 8.13. The molecule has 182 valence electrons. The summed E-state index contributed by atoms with van der Waals surface area (Å²) in [5.74, 6) is 0.836. The van der Waals surface area contributed by atoms with Crippen molar-refractivity contribution < 1.29 is 18.7 Å². The Bertz CT molecular complexity index is 1340. The summed E-state index contributed by atoms with van der Waals surface area (Å²) in [4.78, 5) is 19.3. The molecule has 1 atom stereocenters. The van der Waals surface area contributed by atoms with Gasteiger partial charge >= 0.3 is 0 Å². The molecular weight excluding hydrogens is 449 g/mol. The molecule has 0 saturated heterocycles. The Morgan fingerprint density at radius 3 is 2.66 bits per heavy atom. The molecule has 4 aromatic rings. The summed E-state index contributed by atoms with van der Waals surface area (Å²) < 4.78 is 26.2. The molecule has 35 heavy (non-hydrogen) atoms. The Balaban J connectivity index is 1.49. The van der Waals surface area contributed by atoms with Gasteiger partial charge in [-0.25, -0.2) is 14.1 Å². The molecular formula is C26H28FN5O3. The molecule has 0 spiro atoms. The largest absolute Gasteiger partial charge is 0.497 e. The normalized spacial score (nSPS) is 12.1. The smallest absolute Gasteiger partial charge is 0.252 e. The molecule has 0 fully saturated rings. The molecule has 0 radical (unpaired) electrons. The van der Waals surface area contributed by atoms with Crippen LogP contribution in [0.1, 0.15) is 27.5 Å². The SMILES string of the molecule is COc1ccc(Cn2ncc3cc(C(=O)NCC(c4cccc(F)c4)N(C)C)cnc32)c(OC)c1. The maximum atomic E-state index is 13.7. The molecule has 2 heterocycles. The highest BCUT2D eigenvalue weighted by Gasteiger charge is 2.18. The van der Waals surface area contributed by atoms with Gasteiger partial charge in [0.05, 0.1) is 38.6 Å². The summed E-state index contributed by atoms with van der Waals surface area (Å²) in [6.45, 7) is 0.775. The van der Waals surface area contributed by atoms with Gasteiger partial charge in [0.25, 0.3) is 5.91 Å². The molecule has 0 aliphatic carbocycles. The lowest BCUT2D eigenvalue weighted by Crippen LogP contribution is -2.34. The predicted molar refractivity (Wildman–Crippen MR) is 131 cm³/mol. The molecule has 1 amide bonds. The van der Waals surface area contributed by atoms with E-state index in [9.17, 15) is 9.18 Å². The van der Waals surface area contributed by atoms with Gasteiger partial charge in [-0.3, -0.25) is 4.79 Å². The van der Waals surface area contributed by atoms with Gasteiger partial charge in [-0.1, -0.05) is 12.1 Å². The second-order valence-corrected chi connectivity index (χ2v) is 8.36. The van der Waals surface area contributed by atoms with Crippen LogP contribution >= 0.6 is 0 Å². The number of amides is 1. The number of carbonyl (C=O) groups is 1. The summed E-state index contributed by atoms with van der Waals surface area (Å²) in [7, 11) is 7.00. The minimum absolute atomic E-state index is 0.173. The number of carbonyl (C=O) groups excluding carboxylic acids is 1. The topological polar surface area (TPSA) is 81.5 Å². The zero-order valence-electron chi connectivity index (χ0n) is 20.2. The van der Waals surface area contributed by atoms with Gasteiger partial charge in [-0.2, -0.15) is 5.10 Å². The first kappa shape index (κ1) is 24.2. The Hall–Kier alpha value is -3.98. The lowest BCUT2D eigenvalue weighted by Gasteiger charge is -2.25. The average Bonchev–Trinajstić information content (AvgIpc) is 3.26. The van der Waals surface area contributed by atoms with Crippen molar-refractivity contribution in [1.82, 2.24) is 25.0 Å². The van der Waals surface area contributed by atoms with Crippen molar-refractivity contribution in [2.45, 2.75) is 12.6 Å². The van der Waals surface area contributed by atoms with Gasteiger partial charge in [0, 0.05) is 29.8 Å². The average molecular weight is 478 g/mol. The third-order valence-electron chi connectivity index (χ3n) is 5.87. The standard InChI is InChI=1S/C26H28FN5O3/c1-31(2)23(17-6-5-7-21(27)11-17)15-29-26(33)20-10-19-14-30-32(25(19)28-13-20)16-18-8-9-22(34-3)12-24(18)35-4/h5-14,23H,15-16H2,1-4H3,(H,29,33). The minimum atomic E-state index is -0.306. The summed E-state index contributed by atoms with van der Waals surface area (Å²) >= 11 is 0. The number of aromatic nitrogens is 3. The van der Waals surface area contributed by atoms with Crippen molar-refractivity contribution in [2.24, 2.45) is 0 Å². The lowest BCUT2D eigenvalue weighted by molar-refractivity contribution is 0.0941. The lowest BCUT2D eigenvalue weighted by atomic mass is 10.1. The number of rotatable bonds is 9. The monoisotopic (exact) mass is 477 g/mol. The molecule has 0 aliphatic rings. The van der Waals surface area contributed by atoms with Gasteiger partial charge in [0.15, 0.2) is 5.65 Å². The minimum Gasteiger partial charge on any atom is -0.497 e. The van der Waals surface area contributed by atoms with E-state index >= 15 is 0 Å². The number of methoxy groups -OCH3 is 2. The Kier molecular flexibility index (Phi) is 7.26. The van der Waals surface area contributed by atoms with Crippen molar-refractivity contribution in [3.63, 3.8) is 0 Å². The van der Waals surface area contributed by atoms with Crippen molar-refractivity contribution in [2.75, 3.05) is 34.9 Å². The van der Waals surface area contributed by atoms with Crippen LogP contribution in [0.2, 0.25) is 0 Å². The molecule has 0 bridgehead atoms. The van der Waals surface area contributed by atoms with Crippen LogP contribution in [0.5, 0.6) is 11.5 Å². The zero-order valence-corrected chi connectivity index (χ0v) is 20.2. The number of hydrogen-bond acceptors (Lipinski definition) is 6. The van der Waals surface area contributed by atoms with Crippen LogP contribution in [0, 0.1) is 5.82 Å². The highest BCUT2D eigenvalue weighted by atomic mass is 19.1. The van der Waals surface area contributed by atoms with Crippen molar-refractivity contribution >= 4 is 16.9 Å². The fourth-order valence-electron chi connectivity index (χ4n) is 3.96. The van der Waals surface area contributed by atoms with E-state index in [1.807, 2.05) is 43.3 Å². The second-order valence-electron chi connectivity index (χ2n) is 8.36. The van der Waals surface area contributed by atoms with Crippen LogP contribution in [-0.4, -0.2) is 60.4 Å². The predicted octanol–water partition coefficient (Wildman–Crippen LogP) is 3.67. The molecule has 2 aromatic heterocycles. The summed E-state index contributed by atoms with van der Waals surface area (Å²) in [5.41, 5.74) is 2.80. The van der Waals surface area contributed by atoms with Crippen LogP contribution in [0.15, 0.2) is 60.9 Å². The van der Waals surface area contributed by atoms with Crippen molar-refractivity contribution in [1.29, 1.82) is 0 Å². The maximum absolute atomic E-state index is 13.7. The van der Waals surface area contributed by atoms with E-state index < -0.39 is 0 Å². The third-order valence-corrected chi connectivity index (χ3v) is 5.87. The molecule has 8 nitrogen and oxygen atoms in total. The van der Waals surface area contributed by atoms with Gasteiger partial charge in [0.1, 0.15) is 17.3 Å². The van der Waals surface area contributed by atoms with Gasteiger partial charge in [-0.15, -0.1) is 0 Å². The number of pyridine rings is 1. The quantitative estimate of drug-likeness (QED) is 0.396. The third kappa shape index (κ3) is 5.41. The zero-order chi connectivity index (χ0) is 24.9. The molecule has 4 rings (SSSR count). The van der Waals surface area contributed by atoms with Crippen LogP contribution < -0.4 is 14.8 Å². The van der Waals surface area contributed by atoms with Crippen LogP contribution in [0.4, 0.5) is 4.39 Å². The fourth-order valence-corrected chi connectivity index (χ4v) is 3.96. The van der Waals surface area contributed by atoms with Crippen LogP contribution in [-0.2, 0) is 6.54 Å². The van der Waals surface area contributed by atoms with Crippen LogP contribution in [0.25, 0.3) is 11.0 Å². The van der Waals surface area contributed by atoms with Gasteiger partial charge in [-0.05, 0) is 50.0 Å². The molecule has 0 saturated carbocycles. The summed E-state index contributed by atoms with van der Waals surface area (Å²) in [6, 6.07) is 13.6. The Morgan fingerprint density at radius 2 is 1.94 bits per heavy atom. The van der Waals surface area contributed by atoms with E-state index in [4.69, 9.17) is 9.47 Å². The molecule has 9 heteroatoms. The highest BCUT2D eigenvalue weighted by Crippen LogP contribution is 2.26. The van der Waals surface area contributed by atoms with E-state index in [-0.39, 0.29) is 17.8 Å². The van der Waals surface area contributed by atoms with Crippen molar-refractivity contribution in [3.05, 3.63) is 83.4 Å². The molecule has 1 unspecified atom stereocenters. The number of nitrogens with one attached hydrogen (secondary N) is 1. The number of fused-ring (bicyclic) bond motifs is 1. The van der Waals surface area contributed by atoms with E-state index in [1.54, 1.807) is 37.2 Å². The molecule has 1 N–H and O–H groups in total. The first-order valence-electron chi connectivity index (χ1n) is 11.1. The number of likely N-dealkylation sites (N-methyl/N-ethyl adjacent to an activating group) is 1. The number of nitrogens with zero attached hydrogens (tertiary/aromatic N) is 4. The Morgan fingerprint density at radius 1 is 1.11 bits per heavy atom. The van der Waals surface area contributed by atoms with Gasteiger partial charge < -0.3 is 19.7 Å². The highest BCUT2D eigenvalue weighted by molar-refractivity contribution is 5.96. The van der Waals surface area contributed by atoms with Crippen molar-refractivity contribution in [3.8, 4) is 11.5 Å². The Labute approximate surface area is 203 Å². The fraction of sp³-hybridized carbons (Fsp3) is 0.269. The molecule has 2 aromatic carbocycles. The number of benzene rings is 2. The number of ether oxygens (including phenoxy) is 2. The maximum Gasteiger partial charge on any atom is 0.252 e. The first-order valence-corrected chi connectivity index (χ1v) is 11.1. The molecule has 0 aliphatic heterocycles.